The van der Waals surface area contributed by atoms with Crippen molar-refractivity contribution >= 4 is 0 Å². The summed E-state index contributed by atoms with van der Waals surface area (Å²) >= 11 is 0. The Hall–Kier alpha value is -0.200. The van der Waals surface area contributed by atoms with Crippen molar-refractivity contribution in [1.82, 2.24) is 5.32 Å². The Labute approximate surface area is 123 Å². The van der Waals surface area contributed by atoms with Crippen LogP contribution >= 0.6 is 0 Å². The van der Waals surface area contributed by atoms with Crippen molar-refractivity contribution < 1.29 is 19.3 Å². The van der Waals surface area contributed by atoms with Crippen LogP contribution in [0.4, 0.5) is 0 Å². The van der Waals surface area contributed by atoms with Crippen LogP contribution in [0, 0.1) is 0 Å². The van der Waals surface area contributed by atoms with Gasteiger partial charge in [-0.1, -0.05) is 6.92 Å². The normalized spacial score (nSPS) is 26.2. The molecular weight excluding hydrogens is 258 g/mol. The van der Waals surface area contributed by atoms with Gasteiger partial charge in [0.25, 0.3) is 0 Å². The van der Waals surface area contributed by atoms with Crippen molar-refractivity contribution in [2.24, 2.45) is 0 Å². The molecule has 0 spiro atoms. The number of hydrogen-bond donors (Lipinski definition) is 2. The number of aliphatic hydroxyl groups excluding tert-OH is 1. The molecule has 5 nitrogen and oxygen atoms in total. The second-order valence-electron chi connectivity index (χ2n) is 5.56. The van der Waals surface area contributed by atoms with Crippen LogP contribution in [-0.4, -0.2) is 63.4 Å². The summed E-state index contributed by atoms with van der Waals surface area (Å²) in [6, 6.07) is 0. The van der Waals surface area contributed by atoms with Gasteiger partial charge in [-0.3, -0.25) is 0 Å². The minimum Gasteiger partial charge on any atom is -0.394 e. The maximum Gasteiger partial charge on any atom is 0.0704 e. The Morgan fingerprint density at radius 3 is 2.80 bits per heavy atom. The zero-order valence-corrected chi connectivity index (χ0v) is 13.0. The molecule has 0 saturated heterocycles. The van der Waals surface area contributed by atoms with E-state index in [-0.39, 0.29) is 18.2 Å². The third-order valence-corrected chi connectivity index (χ3v) is 3.83. The quantitative estimate of drug-likeness (QED) is 0.531. The van der Waals surface area contributed by atoms with Gasteiger partial charge < -0.3 is 24.6 Å². The smallest absolute Gasteiger partial charge is 0.0704 e. The van der Waals surface area contributed by atoms with Gasteiger partial charge >= 0.3 is 0 Å². The molecule has 0 amide bonds. The SMILES string of the molecule is CCCNC1(CO)CCC(OCCOCCCOC)C1. The molecular formula is C15H31NO4. The number of rotatable bonds is 12. The fourth-order valence-electron chi connectivity index (χ4n) is 2.65. The zero-order chi connectivity index (χ0) is 14.7. The highest BCUT2D eigenvalue weighted by Gasteiger charge is 2.38. The van der Waals surface area contributed by atoms with Gasteiger partial charge in [-0.05, 0) is 38.6 Å². The highest BCUT2D eigenvalue weighted by atomic mass is 16.5. The molecule has 2 N–H and O–H groups in total. The van der Waals surface area contributed by atoms with Crippen molar-refractivity contribution in [3.63, 3.8) is 0 Å². The topological polar surface area (TPSA) is 60.0 Å². The third kappa shape index (κ3) is 6.50. The van der Waals surface area contributed by atoms with E-state index in [4.69, 9.17) is 14.2 Å². The second kappa shape index (κ2) is 10.5. The molecule has 0 aromatic carbocycles. The molecule has 0 heterocycles. The molecule has 0 aromatic heterocycles. The van der Waals surface area contributed by atoms with Crippen LogP contribution < -0.4 is 5.32 Å². The van der Waals surface area contributed by atoms with Crippen molar-refractivity contribution in [3.05, 3.63) is 0 Å². The number of aliphatic hydroxyl groups is 1. The first-order valence-corrected chi connectivity index (χ1v) is 7.80. The second-order valence-corrected chi connectivity index (χ2v) is 5.56. The number of hydrogen-bond acceptors (Lipinski definition) is 5. The summed E-state index contributed by atoms with van der Waals surface area (Å²) in [5.41, 5.74) is -0.125. The van der Waals surface area contributed by atoms with Gasteiger partial charge in [-0.25, -0.2) is 0 Å². The van der Waals surface area contributed by atoms with Crippen LogP contribution in [-0.2, 0) is 14.2 Å². The first-order valence-electron chi connectivity index (χ1n) is 7.80. The molecule has 0 aromatic rings. The third-order valence-electron chi connectivity index (χ3n) is 3.83. The van der Waals surface area contributed by atoms with Gasteiger partial charge in [0, 0.05) is 25.9 Å². The highest BCUT2D eigenvalue weighted by molar-refractivity contribution is 4.96. The summed E-state index contributed by atoms with van der Waals surface area (Å²) < 4.78 is 16.3. The van der Waals surface area contributed by atoms with E-state index in [1.54, 1.807) is 7.11 Å². The lowest BCUT2D eigenvalue weighted by molar-refractivity contribution is -0.000482. The van der Waals surface area contributed by atoms with E-state index in [0.29, 0.717) is 13.2 Å². The molecule has 2 unspecified atom stereocenters. The molecule has 20 heavy (non-hydrogen) atoms. The Bertz CT molecular complexity index is 240. The Morgan fingerprint density at radius 1 is 1.25 bits per heavy atom. The van der Waals surface area contributed by atoms with E-state index in [1.165, 1.54) is 0 Å². The Balaban J connectivity index is 2.08. The maximum atomic E-state index is 9.60. The summed E-state index contributed by atoms with van der Waals surface area (Å²) in [6.45, 7) is 6.02. The molecule has 5 heteroatoms. The largest absolute Gasteiger partial charge is 0.394 e. The Kier molecular flexibility index (Phi) is 9.39. The van der Waals surface area contributed by atoms with Crippen LogP contribution in [0.1, 0.15) is 39.0 Å². The molecule has 2 atom stereocenters. The lowest BCUT2D eigenvalue weighted by Gasteiger charge is -2.28. The van der Waals surface area contributed by atoms with Gasteiger partial charge in [0.2, 0.25) is 0 Å². The van der Waals surface area contributed by atoms with Gasteiger partial charge in [0.05, 0.1) is 25.9 Å². The predicted octanol–water partition coefficient (Wildman–Crippen LogP) is 1.34. The van der Waals surface area contributed by atoms with E-state index < -0.39 is 0 Å². The fourth-order valence-corrected chi connectivity index (χ4v) is 2.65. The first kappa shape index (κ1) is 17.9. The molecule has 0 radical (unpaired) electrons. The van der Waals surface area contributed by atoms with Crippen molar-refractivity contribution in [1.29, 1.82) is 0 Å². The maximum absolute atomic E-state index is 9.60. The van der Waals surface area contributed by atoms with E-state index in [0.717, 1.165) is 51.9 Å². The van der Waals surface area contributed by atoms with Crippen LogP contribution in [0.3, 0.4) is 0 Å². The average Bonchev–Trinajstić information content (AvgIpc) is 2.88. The van der Waals surface area contributed by atoms with E-state index in [1.807, 2.05) is 0 Å². The zero-order valence-electron chi connectivity index (χ0n) is 13.0. The van der Waals surface area contributed by atoms with Gasteiger partial charge in [0.1, 0.15) is 0 Å². The highest BCUT2D eigenvalue weighted by Crippen LogP contribution is 2.31. The predicted molar refractivity (Wildman–Crippen MR) is 79.0 cm³/mol. The molecule has 1 saturated carbocycles. The minimum atomic E-state index is -0.125. The Morgan fingerprint density at radius 2 is 2.10 bits per heavy atom. The van der Waals surface area contributed by atoms with Crippen LogP contribution in [0.15, 0.2) is 0 Å². The standard InChI is InChI=1S/C15H31NO4/c1-3-7-16-15(13-17)6-5-14(12-15)20-11-10-19-9-4-8-18-2/h14,16-17H,3-13H2,1-2H3. The van der Waals surface area contributed by atoms with Crippen LogP contribution in [0.2, 0.25) is 0 Å². The van der Waals surface area contributed by atoms with E-state index >= 15 is 0 Å². The summed E-state index contributed by atoms with van der Waals surface area (Å²) in [4.78, 5) is 0. The molecule has 1 fully saturated rings. The van der Waals surface area contributed by atoms with E-state index in [9.17, 15) is 5.11 Å². The van der Waals surface area contributed by atoms with Gasteiger partial charge in [0.15, 0.2) is 0 Å². The number of methoxy groups -OCH3 is 1. The minimum absolute atomic E-state index is 0.125. The van der Waals surface area contributed by atoms with Crippen LogP contribution in [0.25, 0.3) is 0 Å². The summed E-state index contributed by atoms with van der Waals surface area (Å²) in [5, 5.41) is 13.1. The lowest BCUT2D eigenvalue weighted by Crippen LogP contribution is -2.47. The molecule has 0 bridgehead atoms. The van der Waals surface area contributed by atoms with Crippen LogP contribution in [0.5, 0.6) is 0 Å². The summed E-state index contributed by atoms with van der Waals surface area (Å²) in [5.74, 6) is 0. The fraction of sp³-hybridized carbons (Fsp3) is 1.00. The molecule has 1 rings (SSSR count). The number of ether oxygens (including phenoxy) is 3. The van der Waals surface area contributed by atoms with Gasteiger partial charge in [-0.15, -0.1) is 0 Å². The van der Waals surface area contributed by atoms with Crippen molar-refractivity contribution in [3.8, 4) is 0 Å². The molecule has 120 valence electrons. The molecule has 1 aliphatic carbocycles. The summed E-state index contributed by atoms with van der Waals surface area (Å²) in [6.07, 6.45) is 5.16. The first-order chi connectivity index (χ1) is 9.76. The lowest BCUT2D eigenvalue weighted by atomic mass is 9.98. The van der Waals surface area contributed by atoms with Gasteiger partial charge in [-0.2, -0.15) is 0 Å². The monoisotopic (exact) mass is 289 g/mol. The average molecular weight is 289 g/mol. The summed E-state index contributed by atoms with van der Waals surface area (Å²) in [7, 11) is 1.70. The van der Waals surface area contributed by atoms with Crippen molar-refractivity contribution in [2.75, 3.05) is 46.7 Å². The number of nitrogens with one attached hydrogen (secondary N) is 1. The molecule has 0 aliphatic heterocycles. The van der Waals surface area contributed by atoms with E-state index in [2.05, 4.69) is 12.2 Å². The molecule has 1 aliphatic rings. The van der Waals surface area contributed by atoms with Crippen molar-refractivity contribution in [2.45, 2.75) is 50.7 Å².